The molecule has 2 aromatic rings. The van der Waals surface area contributed by atoms with Crippen LogP contribution >= 0.6 is 23.4 Å². The van der Waals surface area contributed by atoms with Crippen LogP contribution in [0.4, 0.5) is 0 Å². The highest BCUT2D eigenvalue weighted by Gasteiger charge is 2.11. The van der Waals surface area contributed by atoms with Crippen molar-refractivity contribution in [2.24, 2.45) is 0 Å². The van der Waals surface area contributed by atoms with Crippen molar-refractivity contribution in [3.05, 3.63) is 53.1 Å². The molecule has 112 valence electrons. The van der Waals surface area contributed by atoms with E-state index >= 15 is 0 Å². The number of methoxy groups -OCH3 is 1. The second kappa shape index (κ2) is 8.17. The minimum atomic E-state index is -0.0831. The van der Waals surface area contributed by atoms with Gasteiger partial charge in [-0.3, -0.25) is 0 Å². The Morgan fingerprint density at radius 3 is 2.62 bits per heavy atom. The summed E-state index contributed by atoms with van der Waals surface area (Å²) in [5.74, 6) is 1.87. The van der Waals surface area contributed by atoms with Crippen LogP contribution in [0.5, 0.6) is 11.5 Å². The highest BCUT2D eigenvalue weighted by Crippen LogP contribution is 2.36. The third-order valence-electron chi connectivity index (χ3n) is 2.81. The number of aliphatic hydroxyl groups excluding tert-OH is 1. The zero-order chi connectivity index (χ0) is 15.1. The Morgan fingerprint density at radius 2 is 1.95 bits per heavy atom. The molecule has 0 aliphatic carbocycles. The van der Waals surface area contributed by atoms with Gasteiger partial charge in [0.25, 0.3) is 0 Å². The van der Waals surface area contributed by atoms with Gasteiger partial charge in [0.15, 0.2) is 11.5 Å². The quantitative estimate of drug-likeness (QED) is 0.617. The molecule has 0 amide bonds. The molecule has 3 nitrogen and oxygen atoms in total. The van der Waals surface area contributed by atoms with Gasteiger partial charge >= 0.3 is 0 Å². The molecule has 2 aromatic carbocycles. The molecule has 0 radical (unpaired) electrons. The van der Waals surface area contributed by atoms with Crippen molar-refractivity contribution >= 4 is 23.4 Å². The van der Waals surface area contributed by atoms with Gasteiger partial charge in [0.1, 0.15) is 0 Å². The molecule has 0 saturated heterocycles. The predicted molar refractivity (Wildman–Crippen MR) is 86.6 cm³/mol. The van der Waals surface area contributed by atoms with Crippen LogP contribution in [0, 0.1) is 0 Å². The summed E-state index contributed by atoms with van der Waals surface area (Å²) in [5, 5.41) is 9.60. The molecule has 0 heterocycles. The molecule has 0 aliphatic heterocycles. The van der Waals surface area contributed by atoms with Gasteiger partial charge in [0.05, 0.1) is 25.3 Å². The number of rotatable bonds is 7. The van der Waals surface area contributed by atoms with E-state index in [1.165, 1.54) is 4.90 Å². The fourth-order valence-electron chi connectivity index (χ4n) is 1.82. The average Bonchev–Trinajstić information content (AvgIpc) is 2.53. The third-order valence-corrected chi connectivity index (χ3v) is 4.07. The molecule has 0 aliphatic rings. The Labute approximate surface area is 133 Å². The topological polar surface area (TPSA) is 38.7 Å². The average molecular weight is 325 g/mol. The zero-order valence-electron chi connectivity index (χ0n) is 11.7. The summed E-state index contributed by atoms with van der Waals surface area (Å²) in [5.41, 5.74) is 0.697. The lowest BCUT2D eigenvalue weighted by Gasteiger charge is -2.13. The number of ether oxygens (including phenoxy) is 2. The monoisotopic (exact) mass is 324 g/mol. The molecule has 1 N–H and O–H groups in total. The van der Waals surface area contributed by atoms with Gasteiger partial charge in [-0.05, 0) is 29.8 Å². The fourth-order valence-corrected chi connectivity index (χ4v) is 2.86. The number of benzene rings is 2. The molecule has 0 aromatic heterocycles. The minimum absolute atomic E-state index is 0.0831. The molecule has 21 heavy (non-hydrogen) atoms. The normalized spacial score (nSPS) is 10.4. The van der Waals surface area contributed by atoms with Crippen LogP contribution in [0.1, 0.15) is 5.56 Å². The summed E-state index contributed by atoms with van der Waals surface area (Å²) in [6, 6.07) is 13.6. The summed E-state index contributed by atoms with van der Waals surface area (Å²) in [6.45, 7) is 0.439. The first kappa shape index (κ1) is 16.0. The van der Waals surface area contributed by atoms with E-state index in [0.717, 1.165) is 5.75 Å². The molecular formula is C16H17ClO3S. The first-order chi connectivity index (χ1) is 10.2. The van der Waals surface area contributed by atoms with Crippen LogP contribution in [-0.2, 0) is 6.61 Å². The van der Waals surface area contributed by atoms with Crippen LogP contribution in [0.15, 0.2) is 47.4 Å². The first-order valence-electron chi connectivity index (χ1n) is 6.52. The Hall–Kier alpha value is -1.36. The lowest BCUT2D eigenvalue weighted by molar-refractivity contribution is 0.279. The standard InChI is InChI=1S/C16H17ClO3S/c1-19-15-10-12(11-18)9-14(17)16(15)20-7-8-21-13-5-3-2-4-6-13/h2-6,9-10,18H,7-8,11H2,1H3. The second-order valence-corrected chi connectivity index (χ2v) is 5.85. The van der Waals surface area contributed by atoms with E-state index in [1.807, 2.05) is 18.2 Å². The molecule has 2 rings (SSSR count). The predicted octanol–water partition coefficient (Wildman–Crippen LogP) is 4.01. The maximum absolute atomic E-state index is 9.15. The Kier molecular flexibility index (Phi) is 6.23. The van der Waals surface area contributed by atoms with Crippen molar-refractivity contribution in [3.8, 4) is 11.5 Å². The molecule has 0 fully saturated rings. The zero-order valence-corrected chi connectivity index (χ0v) is 13.3. The molecule has 0 unspecified atom stereocenters. The van der Waals surface area contributed by atoms with Crippen molar-refractivity contribution < 1.29 is 14.6 Å². The highest BCUT2D eigenvalue weighted by atomic mass is 35.5. The molecule has 0 atom stereocenters. The van der Waals surface area contributed by atoms with Gasteiger partial charge in [-0.1, -0.05) is 29.8 Å². The van der Waals surface area contributed by atoms with Gasteiger partial charge < -0.3 is 14.6 Å². The largest absolute Gasteiger partial charge is 0.493 e. The smallest absolute Gasteiger partial charge is 0.179 e. The molecule has 5 heteroatoms. The Morgan fingerprint density at radius 1 is 1.19 bits per heavy atom. The number of halogens is 1. The maximum Gasteiger partial charge on any atom is 0.179 e. The first-order valence-corrected chi connectivity index (χ1v) is 7.89. The molecule has 0 saturated carbocycles. The Balaban J connectivity index is 1.93. The van der Waals surface area contributed by atoms with Crippen LogP contribution in [0.2, 0.25) is 5.02 Å². The van der Waals surface area contributed by atoms with Crippen LogP contribution in [-0.4, -0.2) is 24.6 Å². The van der Waals surface area contributed by atoms with Crippen LogP contribution in [0.3, 0.4) is 0 Å². The summed E-state index contributed by atoms with van der Waals surface area (Å²) in [6.07, 6.45) is 0. The fraction of sp³-hybridized carbons (Fsp3) is 0.250. The number of hydrogen-bond donors (Lipinski definition) is 1. The van der Waals surface area contributed by atoms with Crippen molar-refractivity contribution in [2.75, 3.05) is 19.5 Å². The van der Waals surface area contributed by atoms with Crippen LogP contribution < -0.4 is 9.47 Å². The van der Waals surface area contributed by atoms with Gasteiger partial charge in [-0.15, -0.1) is 11.8 Å². The van der Waals surface area contributed by atoms with E-state index in [9.17, 15) is 0 Å². The third kappa shape index (κ3) is 4.56. The van der Waals surface area contributed by atoms with E-state index in [4.69, 9.17) is 26.2 Å². The maximum atomic E-state index is 9.15. The van der Waals surface area contributed by atoms with Crippen molar-refractivity contribution in [1.82, 2.24) is 0 Å². The van der Waals surface area contributed by atoms with Crippen molar-refractivity contribution in [3.63, 3.8) is 0 Å². The highest BCUT2D eigenvalue weighted by molar-refractivity contribution is 7.99. The van der Waals surface area contributed by atoms with Crippen molar-refractivity contribution in [1.29, 1.82) is 0 Å². The summed E-state index contributed by atoms with van der Waals surface area (Å²) < 4.78 is 11.0. The summed E-state index contributed by atoms with van der Waals surface area (Å²) in [7, 11) is 1.55. The lowest BCUT2D eigenvalue weighted by atomic mass is 10.2. The minimum Gasteiger partial charge on any atom is -0.493 e. The van der Waals surface area contributed by atoms with E-state index in [0.29, 0.717) is 28.7 Å². The van der Waals surface area contributed by atoms with E-state index in [-0.39, 0.29) is 6.61 Å². The van der Waals surface area contributed by atoms with Crippen molar-refractivity contribution in [2.45, 2.75) is 11.5 Å². The SMILES string of the molecule is COc1cc(CO)cc(Cl)c1OCCSc1ccccc1. The van der Waals surface area contributed by atoms with Crippen LogP contribution in [0.25, 0.3) is 0 Å². The second-order valence-electron chi connectivity index (χ2n) is 4.28. The van der Waals surface area contributed by atoms with Gasteiger partial charge in [-0.2, -0.15) is 0 Å². The summed E-state index contributed by atoms with van der Waals surface area (Å²) in [4.78, 5) is 1.20. The molecular weight excluding hydrogens is 308 g/mol. The Bertz CT molecular complexity index is 575. The van der Waals surface area contributed by atoms with Gasteiger partial charge in [0, 0.05) is 10.6 Å². The molecule has 0 bridgehead atoms. The number of aliphatic hydroxyl groups is 1. The number of thioether (sulfide) groups is 1. The summed E-state index contributed by atoms with van der Waals surface area (Å²) >= 11 is 7.88. The number of hydrogen-bond acceptors (Lipinski definition) is 4. The van der Waals surface area contributed by atoms with E-state index in [1.54, 1.807) is 31.0 Å². The lowest BCUT2D eigenvalue weighted by Crippen LogP contribution is -2.03. The molecule has 0 spiro atoms. The van der Waals surface area contributed by atoms with E-state index in [2.05, 4.69) is 12.1 Å². The van der Waals surface area contributed by atoms with Gasteiger partial charge in [0.2, 0.25) is 0 Å². The van der Waals surface area contributed by atoms with E-state index < -0.39 is 0 Å². The van der Waals surface area contributed by atoms with Gasteiger partial charge in [-0.25, -0.2) is 0 Å².